The lowest BCUT2D eigenvalue weighted by Crippen LogP contribution is -2.18. The fraction of sp³-hybridized carbons (Fsp3) is 0.438. The predicted octanol–water partition coefficient (Wildman–Crippen LogP) is 4.45. The molecular weight excluding hydrogens is 376 g/mol. The molecule has 0 spiro atoms. The van der Waals surface area contributed by atoms with Crippen LogP contribution in [0, 0.1) is 6.92 Å². The summed E-state index contributed by atoms with van der Waals surface area (Å²) in [5.74, 6) is 2.50. The van der Waals surface area contributed by atoms with Crippen molar-refractivity contribution < 1.29 is 9.15 Å². The molecule has 1 aliphatic rings. The minimum Gasteiger partial charge on any atom is -0.459 e. The number of aryl methyl sites for hydroxylation is 1. The first-order valence-corrected chi connectivity index (χ1v) is 10.8. The maximum absolute atomic E-state index is 5.62. The highest BCUT2D eigenvalue weighted by molar-refractivity contribution is 8.00. The van der Waals surface area contributed by atoms with E-state index in [9.17, 15) is 0 Å². The molecule has 0 radical (unpaired) electrons. The molecular formula is C16H18N4O2S3. The zero-order valence-corrected chi connectivity index (χ0v) is 16.2. The summed E-state index contributed by atoms with van der Waals surface area (Å²) in [4.78, 5) is 4.63. The number of rotatable bonds is 7. The van der Waals surface area contributed by atoms with Crippen molar-refractivity contribution in [1.29, 1.82) is 0 Å². The van der Waals surface area contributed by atoms with Crippen LogP contribution in [-0.2, 0) is 10.5 Å². The zero-order chi connectivity index (χ0) is 17.1. The molecule has 3 aromatic rings. The van der Waals surface area contributed by atoms with Crippen molar-refractivity contribution in [3.05, 3.63) is 29.0 Å². The van der Waals surface area contributed by atoms with E-state index < -0.39 is 0 Å². The van der Waals surface area contributed by atoms with Gasteiger partial charge in [-0.15, -0.1) is 21.5 Å². The Morgan fingerprint density at radius 2 is 2.32 bits per heavy atom. The molecule has 4 heterocycles. The molecule has 0 aliphatic carbocycles. The fourth-order valence-electron chi connectivity index (χ4n) is 2.52. The van der Waals surface area contributed by atoms with E-state index in [0.717, 1.165) is 63.4 Å². The van der Waals surface area contributed by atoms with Gasteiger partial charge < -0.3 is 14.5 Å². The molecule has 25 heavy (non-hydrogen) atoms. The predicted molar refractivity (Wildman–Crippen MR) is 101 cm³/mol. The molecule has 1 unspecified atom stereocenters. The summed E-state index contributed by atoms with van der Waals surface area (Å²) in [7, 11) is 0. The molecule has 0 amide bonds. The molecule has 9 heteroatoms. The number of aromatic nitrogens is 3. The average molecular weight is 395 g/mol. The summed E-state index contributed by atoms with van der Waals surface area (Å²) in [6.07, 6.45) is 2.57. The monoisotopic (exact) mass is 394 g/mol. The van der Waals surface area contributed by atoms with Crippen molar-refractivity contribution in [2.75, 3.05) is 18.5 Å². The van der Waals surface area contributed by atoms with Crippen LogP contribution < -0.4 is 5.32 Å². The van der Waals surface area contributed by atoms with Gasteiger partial charge in [0.05, 0.1) is 11.8 Å². The van der Waals surface area contributed by atoms with E-state index >= 15 is 0 Å². The lowest BCUT2D eigenvalue weighted by molar-refractivity contribution is 0.120. The van der Waals surface area contributed by atoms with Crippen LogP contribution in [0.2, 0.25) is 0 Å². The number of anilines is 1. The summed E-state index contributed by atoms with van der Waals surface area (Å²) < 4.78 is 12.2. The summed E-state index contributed by atoms with van der Waals surface area (Å²) in [5.41, 5.74) is 1.03. The Morgan fingerprint density at radius 1 is 1.36 bits per heavy atom. The van der Waals surface area contributed by atoms with Gasteiger partial charge in [-0.3, -0.25) is 0 Å². The van der Waals surface area contributed by atoms with Crippen molar-refractivity contribution >= 4 is 39.6 Å². The Kier molecular flexibility index (Phi) is 5.35. The third-order valence-electron chi connectivity index (χ3n) is 3.76. The molecule has 1 aliphatic heterocycles. The Labute approximate surface area is 158 Å². The van der Waals surface area contributed by atoms with Crippen molar-refractivity contribution in [3.63, 3.8) is 0 Å². The van der Waals surface area contributed by atoms with Crippen molar-refractivity contribution in [3.8, 4) is 10.8 Å². The lowest BCUT2D eigenvalue weighted by Gasteiger charge is -2.08. The quantitative estimate of drug-likeness (QED) is 0.594. The number of nitrogens with zero attached hydrogens (tertiary/aromatic N) is 3. The molecule has 0 aromatic carbocycles. The van der Waals surface area contributed by atoms with Gasteiger partial charge in [-0.1, -0.05) is 23.1 Å². The second-order valence-electron chi connectivity index (χ2n) is 5.73. The Hall–Kier alpha value is -1.42. The molecule has 1 N–H and O–H groups in total. The summed E-state index contributed by atoms with van der Waals surface area (Å²) in [6, 6.07) is 3.92. The molecule has 1 saturated heterocycles. The van der Waals surface area contributed by atoms with E-state index in [1.165, 1.54) is 0 Å². The number of thioether (sulfide) groups is 1. The highest BCUT2D eigenvalue weighted by atomic mass is 32.2. The van der Waals surface area contributed by atoms with E-state index in [1.54, 1.807) is 34.4 Å². The molecule has 6 nitrogen and oxygen atoms in total. The first-order valence-electron chi connectivity index (χ1n) is 8.09. The summed E-state index contributed by atoms with van der Waals surface area (Å²) in [6.45, 7) is 3.61. The summed E-state index contributed by atoms with van der Waals surface area (Å²) in [5, 5.41) is 15.6. The van der Waals surface area contributed by atoms with Crippen LogP contribution in [0.1, 0.15) is 24.3 Å². The number of ether oxygens (including phenoxy) is 1. The van der Waals surface area contributed by atoms with Crippen LogP contribution in [-0.4, -0.2) is 34.4 Å². The minimum absolute atomic E-state index is 0.304. The Morgan fingerprint density at radius 3 is 3.12 bits per heavy atom. The number of furan rings is 1. The normalized spacial score (nSPS) is 17.2. The molecule has 1 fully saturated rings. The third-order valence-corrected chi connectivity index (χ3v) is 6.71. The molecule has 0 bridgehead atoms. The van der Waals surface area contributed by atoms with Crippen LogP contribution in [0.15, 0.2) is 26.3 Å². The van der Waals surface area contributed by atoms with E-state index in [4.69, 9.17) is 9.15 Å². The average Bonchev–Trinajstić information content (AvgIpc) is 3.38. The molecule has 3 aromatic heterocycles. The van der Waals surface area contributed by atoms with Gasteiger partial charge in [0.2, 0.25) is 5.13 Å². The zero-order valence-electron chi connectivity index (χ0n) is 13.7. The van der Waals surface area contributed by atoms with Crippen LogP contribution in [0.3, 0.4) is 0 Å². The Bertz CT molecular complexity index is 823. The van der Waals surface area contributed by atoms with Crippen molar-refractivity contribution in [2.45, 2.75) is 36.0 Å². The van der Waals surface area contributed by atoms with Crippen molar-refractivity contribution in [2.24, 2.45) is 0 Å². The van der Waals surface area contributed by atoms with E-state index in [1.807, 2.05) is 19.1 Å². The van der Waals surface area contributed by atoms with Gasteiger partial charge in [-0.05, 0) is 31.9 Å². The topological polar surface area (TPSA) is 73.1 Å². The standard InChI is InChI=1S/C16H18N4O2S3/c1-10-4-5-13(22-10)14-18-11(8-23-14)9-24-16-20-19-15(25-16)17-7-12-3-2-6-21-12/h4-5,8,12H,2-3,6-7,9H2,1H3,(H,17,19). The minimum atomic E-state index is 0.304. The van der Waals surface area contributed by atoms with E-state index in [-0.39, 0.29) is 0 Å². The maximum Gasteiger partial charge on any atom is 0.206 e. The number of thiazole rings is 1. The van der Waals surface area contributed by atoms with Gasteiger partial charge in [0, 0.05) is 24.3 Å². The second kappa shape index (κ2) is 7.86. The largest absolute Gasteiger partial charge is 0.459 e. The van der Waals surface area contributed by atoms with Gasteiger partial charge >= 0.3 is 0 Å². The van der Waals surface area contributed by atoms with Gasteiger partial charge in [0.15, 0.2) is 15.1 Å². The van der Waals surface area contributed by atoms with Crippen LogP contribution in [0.5, 0.6) is 0 Å². The van der Waals surface area contributed by atoms with Gasteiger partial charge in [0.25, 0.3) is 0 Å². The Balaban J connectivity index is 1.29. The van der Waals surface area contributed by atoms with E-state index in [0.29, 0.717) is 6.10 Å². The summed E-state index contributed by atoms with van der Waals surface area (Å²) >= 11 is 4.83. The van der Waals surface area contributed by atoms with Crippen molar-refractivity contribution in [1.82, 2.24) is 15.2 Å². The number of nitrogens with one attached hydrogen (secondary N) is 1. The lowest BCUT2D eigenvalue weighted by atomic mass is 10.2. The van der Waals surface area contributed by atoms with E-state index in [2.05, 4.69) is 25.9 Å². The maximum atomic E-state index is 5.62. The third kappa shape index (κ3) is 4.41. The van der Waals surface area contributed by atoms with Gasteiger partial charge in [0.1, 0.15) is 5.76 Å². The van der Waals surface area contributed by atoms with Crippen LogP contribution in [0.25, 0.3) is 10.8 Å². The highest BCUT2D eigenvalue weighted by Crippen LogP contribution is 2.31. The van der Waals surface area contributed by atoms with Crippen LogP contribution in [0.4, 0.5) is 5.13 Å². The molecule has 0 saturated carbocycles. The fourth-order valence-corrected chi connectivity index (χ4v) is 5.05. The first-order chi connectivity index (χ1) is 12.3. The highest BCUT2D eigenvalue weighted by Gasteiger charge is 2.16. The molecule has 4 rings (SSSR count). The molecule has 1 atom stereocenters. The van der Waals surface area contributed by atoms with Gasteiger partial charge in [-0.2, -0.15) is 0 Å². The second-order valence-corrected chi connectivity index (χ2v) is 8.79. The SMILES string of the molecule is Cc1ccc(-c2nc(CSc3nnc(NCC4CCCO4)s3)cs2)o1. The smallest absolute Gasteiger partial charge is 0.206 e. The molecule has 132 valence electrons. The van der Waals surface area contributed by atoms with Crippen LogP contribution >= 0.6 is 34.4 Å². The van der Waals surface area contributed by atoms with Gasteiger partial charge in [-0.25, -0.2) is 4.98 Å². The number of hydrogen-bond donors (Lipinski definition) is 1. The first kappa shape index (κ1) is 17.0. The number of hydrogen-bond acceptors (Lipinski definition) is 9.